The lowest BCUT2D eigenvalue weighted by molar-refractivity contribution is 0.207. The van der Waals surface area contributed by atoms with Crippen molar-refractivity contribution in [3.63, 3.8) is 0 Å². The second kappa shape index (κ2) is 5.83. The molecule has 0 aliphatic carbocycles. The Kier molecular flexibility index (Phi) is 3.90. The summed E-state index contributed by atoms with van der Waals surface area (Å²) < 4.78 is 5.79. The van der Waals surface area contributed by atoms with Crippen molar-refractivity contribution in [1.29, 1.82) is 0 Å². The first kappa shape index (κ1) is 14.0. The Morgan fingerprint density at radius 1 is 1.38 bits per heavy atom. The minimum Gasteiger partial charge on any atom is -0.464 e. The summed E-state index contributed by atoms with van der Waals surface area (Å²) in [6.45, 7) is 2.41. The van der Waals surface area contributed by atoms with Crippen molar-refractivity contribution < 1.29 is 9.52 Å². The number of rotatable bonds is 4. The van der Waals surface area contributed by atoms with Crippen LogP contribution in [0.25, 0.3) is 0 Å². The highest BCUT2D eigenvalue weighted by molar-refractivity contribution is 7.80. The van der Waals surface area contributed by atoms with Gasteiger partial charge in [-0.15, -0.1) is 0 Å². The second-order valence-electron chi connectivity index (χ2n) is 4.99. The van der Waals surface area contributed by atoms with E-state index in [1.54, 1.807) is 6.20 Å². The zero-order valence-corrected chi connectivity index (χ0v) is 12.5. The zero-order valence-electron chi connectivity index (χ0n) is 11.7. The third-order valence-corrected chi connectivity index (χ3v) is 3.94. The van der Waals surface area contributed by atoms with Gasteiger partial charge in [-0.25, -0.2) is 0 Å². The molecule has 2 aromatic heterocycles. The Morgan fingerprint density at radius 2 is 2.24 bits per heavy atom. The molecule has 0 aromatic carbocycles. The maximum absolute atomic E-state index is 9.30. The van der Waals surface area contributed by atoms with Crippen LogP contribution >= 0.6 is 12.2 Å². The average Bonchev–Trinajstić information content (AvgIpc) is 3.05. The van der Waals surface area contributed by atoms with Gasteiger partial charge in [-0.1, -0.05) is 6.07 Å². The van der Waals surface area contributed by atoms with Gasteiger partial charge in [-0.2, -0.15) is 0 Å². The number of thiocarbonyl (C=S) groups is 1. The van der Waals surface area contributed by atoms with Crippen LogP contribution in [-0.2, 0) is 0 Å². The number of hydrogen-bond acceptors (Lipinski definition) is 4. The number of nitrogens with one attached hydrogen (secondary N) is 1. The van der Waals surface area contributed by atoms with Gasteiger partial charge in [-0.05, 0) is 43.4 Å². The normalized spacial score (nSPS) is 21.6. The van der Waals surface area contributed by atoms with Crippen LogP contribution in [0.15, 0.2) is 40.9 Å². The molecule has 6 heteroatoms. The maximum atomic E-state index is 9.30. The Labute approximate surface area is 128 Å². The summed E-state index contributed by atoms with van der Waals surface area (Å²) in [6, 6.07) is 9.50. The quantitative estimate of drug-likeness (QED) is 0.842. The topological polar surface area (TPSA) is 61.5 Å². The van der Waals surface area contributed by atoms with Crippen LogP contribution in [0.4, 0.5) is 0 Å². The fourth-order valence-corrected chi connectivity index (χ4v) is 3.01. The molecular formula is C15H17N3O2S. The van der Waals surface area contributed by atoms with E-state index in [2.05, 4.69) is 10.3 Å². The molecule has 0 radical (unpaired) electrons. The highest BCUT2D eigenvalue weighted by Crippen LogP contribution is 2.38. The average molecular weight is 303 g/mol. The molecule has 1 aliphatic rings. The third-order valence-electron chi connectivity index (χ3n) is 3.59. The predicted octanol–water partition coefficient (Wildman–Crippen LogP) is 1.95. The number of hydrogen-bond donors (Lipinski definition) is 2. The van der Waals surface area contributed by atoms with E-state index in [9.17, 15) is 5.11 Å². The molecule has 0 saturated carbocycles. The lowest BCUT2D eigenvalue weighted by Crippen LogP contribution is -2.32. The molecule has 5 nitrogen and oxygen atoms in total. The molecule has 3 heterocycles. The smallest absolute Gasteiger partial charge is 0.170 e. The molecule has 3 rings (SSSR count). The van der Waals surface area contributed by atoms with Gasteiger partial charge in [0.15, 0.2) is 5.11 Å². The largest absolute Gasteiger partial charge is 0.464 e. The van der Waals surface area contributed by atoms with E-state index < -0.39 is 0 Å². The summed E-state index contributed by atoms with van der Waals surface area (Å²) in [7, 11) is 0. The molecule has 2 aromatic rings. The van der Waals surface area contributed by atoms with Crippen LogP contribution in [0.2, 0.25) is 0 Å². The van der Waals surface area contributed by atoms with Gasteiger partial charge in [0.05, 0.1) is 18.3 Å². The Hall–Kier alpha value is -1.92. The SMILES string of the molecule is Cc1ccc([C@H]2[C@H](c3ccccn3)NC(=S)N2CCO)o1. The summed E-state index contributed by atoms with van der Waals surface area (Å²) in [5.74, 6) is 1.68. The van der Waals surface area contributed by atoms with E-state index in [0.717, 1.165) is 17.2 Å². The molecule has 1 saturated heterocycles. The first-order valence-corrected chi connectivity index (χ1v) is 7.27. The molecule has 1 fully saturated rings. The first-order valence-electron chi connectivity index (χ1n) is 6.86. The zero-order chi connectivity index (χ0) is 14.8. The third kappa shape index (κ3) is 2.64. The van der Waals surface area contributed by atoms with Crippen LogP contribution in [0.3, 0.4) is 0 Å². The number of furan rings is 1. The summed E-state index contributed by atoms with van der Waals surface area (Å²) >= 11 is 5.40. The molecule has 21 heavy (non-hydrogen) atoms. The van der Waals surface area contributed by atoms with Crippen molar-refractivity contribution >= 4 is 17.3 Å². The minimum atomic E-state index is -0.103. The molecule has 0 bridgehead atoms. The molecule has 0 spiro atoms. The Balaban J connectivity index is 2.00. The van der Waals surface area contributed by atoms with Crippen molar-refractivity contribution in [2.45, 2.75) is 19.0 Å². The molecule has 0 unspecified atom stereocenters. The molecule has 1 aliphatic heterocycles. The fourth-order valence-electron chi connectivity index (χ4n) is 2.68. The number of β-amino-alcohol motifs (C(OH)–C–C–N with tert-alkyl or cyclic N) is 1. The van der Waals surface area contributed by atoms with Crippen molar-refractivity contribution in [1.82, 2.24) is 15.2 Å². The Bertz CT molecular complexity index is 629. The molecular weight excluding hydrogens is 286 g/mol. The van der Waals surface area contributed by atoms with E-state index in [1.165, 1.54) is 0 Å². The molecule has 110 valence electrons. The number of aliphatic hydroxyl groups excluding tert-OH is 1. The molecule has 2 atom stereocenters. The minimum absolute atomic E-state index is 0.0347. The maximum Gasteiger partial charge on any atom is 0.170 e. The number of nitrogens with zero attached hydrogens (tertiary/aromatic N) is 2. The van der Waals surface area contributed by atoms with E-state index in [1.807, 2.05) is 42.2 Å². The van der Waals surface area contributed by atoms with E-state index in [4.69, 9.17) is 16.6 Å². The van der Waals surface area contributed by atoms with Crippen LogP contribution in [0.1, 0.15) is 29.3 Å². The number of aromatic nitrogens is 1. The van der Waals surface area contributed by atoms with Crippen molar-refractivity contribution in [2.24, 2.45) is 0 Å². The number of pyridine rings is 1. The second-order valence-corrected chi connectivity index (χ2v) is 5.38. The predicted molar refractivity (Wildman–Crippen MR) is 82.7 cm³/mol. The van der Waals surface area contributed by atoms with Gasteiger partial charge in [0, 0.05) is 12.7 Å². The van der Waals surface area contributed by atoms with Gasteiger partial charge in [0.25, 0.3) is 0 Å². The van der Waals surface area contributed by atoms with Gasteiger partial charge in [0.1, 0.15) is 17.6 Å². The number of aryl methyl sites for hydroxylation is 1. The van der Waals surface area contributed by atoms with Crippen LogP contribution in [0.5, 0.6) is 0 Å². The standard InChI is InChI=1S/C15H17N3O2S/c1-10-5-6-12(20-10)14-13(11-4-2-3-7-16-11)17-15(21)18(14)8-9-19/h2-7,13-14,19H,8-9H2,1H3,(H,17,21)/t13-,14-/m0/s1. The summed E-state index contributed by atoms with van der Waals surface area (Å²) in [4.78, 5) is 6.37. The van der Waals surface area contributed by atoms with Gasteiger partial charge in [-0.3, -0.25) is 4.98 Å². The van der Waals surface area contributed by atoms with Crippen molar-refractivity contribution in [2.75, 3.05) is 13.2 Å². The van der Waals surface area contributed by atoms with Crippen molar-refractivity contribution in [3.05, 3.63) is 53.7 Å². The summed E-state index contributed by atoms with van der Waals surface area (Å²) in [5, 5.41) is 13.2. The van der Waals surface area contributed by atoms with Crippen LogP contribution in [0, 0.1) is 6.92 Å². The van der Waals surface area contributed by atoms with Gasteiger partial charge < -0.3 is 19.7 Å². The Morgan fingerprint density at radius 3 is 2.86 bits per heavy atom. The number of aliphatic hydroxyl groups is 1. The van der Waals surface area contributed by atoms with Crippen LogP contribution < -0.4 is 5.32 Å². The van der Waals surface area contributed by atoms with Gasteiger partial charge in [0.2, 0.25) is 0 Å². The highest BCUT2D eigenvalue weighted by Gasteiger charge is 2.41. The highest BCUT2D eigenvalue weighted by atomic mass is 32.1. The monoisotopic (exact) mass is 303 g/mol. The fraction of sp³-hybridized carbons (Fsp3) is 0.333. The van der Waals surface area contributed by atoms with E-state index in [0.29, 0.717) is 11.7 Å². The van der Waals surface area contributed by atoms with E-state index >= 15 is 0 Å². The molecule has 2 N–H and O–H groups in total. The van der Waals surface area contributed by atoms with Crippen LogP contribution in [-0.4, -0.2) is 33.3 Å². The van der Waals surface area contributed by atoms with E-state index in [-0.39, 0.29) is 18.7 Å². The first-order chi connectivity index (χ1) is 10.2. The lowest BCUT2D eigenvalue weighted by atomic mass is 10.0. The molecule has 0 amide bonds. The summed E-state index contributed by atoms with van der Waals surface area (Å²) in [6.07, 6.45) is 1.76. The van der Waals surface area contributed by atoms with Gasteiger partial charge >= 0.3 is 0 Å². The van der Waals surface area contributed by atoms with Crippen molar-refractivity contribution in [3.8, 4) is 0 Å². The summed E-state index contributed by atoms with van der Waals surface area (Å²) in [5.41, 5.74) is 0.902. The lowest BCUT2D eigenvalue weighted by Gasteiger charge is -2.25.